The molecule has 0 bridgehead atoms. The van der Waals surface area contributed by atoms with Gasteiger partial charge in [-0.15, -0.1) is 5.10 Å². The highest BCUT2D eigenvalue weighted by Gasteiger charge is 2.18. The number of aromatic amines is 1. The summed E-state index contributed by atoms with van der Waals surface area (Å²) in [4.78, 5) is 27.9. The molecule has 0 spiro atoms. The summed E-state index contributed by atoms with van der Waals surface area (Å²) in [5.41, 5.74) is 8.29. The van der Waals surface area contributed by atoms with Crippen LogP contribution in [0.2, 0.25) is 0 Å². The van der Waals surface area contributed by atoms with Crippen LogP contribution < -0.4 is 11.1 Å². The minimum Gasteiger partial charge on any atom is -0.366 e. The molecule has 27 heavy (non-hydrogen) atoms. The number of primary amides is 1. The van der Waals surface area contributed by atoms with Gasteiger partial charge in [0.05, 0.1) is 5.25 Å². The highest BCUT2D eigenvalue weighted by Crippen LogP contribution is 2.24. The number of benzene rings is 2. The van der Waals surface area contributed by atoms with E-state index in [0.29, 0.717) is 22.2 Å². The van der Waals surface area contributed by atoms with E-state index in [9.17, 15) is 9.59 Å². The predicted octanol–water partition coefficient (Wildman–Crippen LogP) is 3.00. The van der Waals surface area contributed by atoms with Gasteiger partial charge in [0.2, 0.25) is 17.0 Å². The van der Waals surface area contributed by atoms with Crippen molar-refractivity contribution in [3.63, 3.8) is 0 Å². The molecular formula is C19H19N5O2S. The lowest BCUT2D eigenvalue weighted by atomic mass is 10.1. The molecule has 0 radical (unpaired) electrons. The third-order valence-corrected chi connectivity index (χ3v) is 4.84. The summed E-state index contributed by atoms with van der Waals surface area (Å²) in [5.74, 6) is -0.0357. The normalized spacial score (nSPS) is 11.8. The van der Waals surface area contributed by atoms with Crippen LogP contribution in [0.3, 0.4) is 0 Å². The predicted molar refractivity (Wildman–Crippen MR) is 105 cm³/mol. The number of amides is 2. The second-order valence-corrected chi connectivity index (χ2v) is 7.33. The maximum atomic E-state index is 12.4. The highest BCUT2D eigenvalue weighted by atomic mass is 32.2. The number of nitrogens with one attached hydrogen (secondary N) is 2. The molecular weight excluding hydrogens is 362 g/mol. The first-order valence-electron chi connectivity index (χ1n) is 8.29. The van der Waals surface area contributed by atoms with Crippen molar-refractivity contribution >= 4 is 29.3 Å². The summed E-state index contributed by atoms with van der Waals surface area (Å²) in [7, 11) is 0. The highest BCUT2D eigenvalue weighted by molar-refractivity contribution is 8.00. The van der Waals surface area contributed by atoms with Crippen LogP contribution in [0.1, 0.15) is 22.8 Å². The fraction of sp³-hybridized carbons (Fsp3) is 0.158. The Balaban J connectivity index is 1.61. The molecule has 0 aliphatic carbocycles. The van der Waals surface area contributed by atoms with E-state index in [1.807, 2.05) is 31.2 Å². The fourth-order valence-electron chi connectivity index (χ4n) is 2.31. The van der Waals surface area contributed by atoms with Crippen LogP contribution in [0.15, 0.2) is 53.7 Å². The number of nitrogens with two attached hydrogens (primary N) is 1. The number of thioether (sulfide) groups is 1. The van der Waals surface area contributed by atoms with E-state index in [4.69, 9.17) is 5.73 Å². The summed E-state index contributed by atoms with van der Waals surface area (Å²) in [6.45, 7) is 3.80. The van der Waals surface area contributed by atoms with Crippen LogP contribution in [-0.4, -0.2) is 32.2 Å². The number of anilines is 1. The van der Waals surface area contributed by atoms with Crippen molar-refractivity contribution in [2.24, 2.45) is 5.73 Å². The molecule has 3 rings (SSSR count). The molecule has 0 aliphatic rings. The number of aromatic nitrogens is 3. The molecule has 2 amide bonds. The van der Waals surface area contributed by atoms with Gasteiger partial charge in [-0.05, 0) is 38.1 Å². The minimum absolute atomic E-state index is 0.187. The topological polar surface area (TPSA) is 114 Å². The van der Waals surface area contributed by atoms with Gasteiger partial charge in [0.15, 0.2) is 5.82 Å². The van der Waals surface area contributed by atoms with Crippen LogP contribution in [0.25, 0.3) is 11.4 Å². The lowest BCUT2D eigenvalue weighted by Gasteiger charge is -2.10. The van der Waals surface area contributed by atoms with Crippen LogP contribution in [-0.2, 0) is 4.79 Å². The van der Waals surface area contributed by atoms with E-state index in [1.165, 1.54) is 17.3 Å². The number of rotatable bonds is 6. The number of nitrogens with zero attached hydrogens (tertiary/aromatic N) is 2. The van der Waals surface area contributed by atoms with Crippen LogP contribution in [0.4, 0.5) is 5.69 Å². The lowest BCUT2D eigenvalue weighted by Crippen LogP contribution is -2.22. The smallest absolute Gasteiger partial charge is 0.248 e. The Hall–Kier alpha value is -3.13. The molecule has 0 saturated carbocycles. The van der Waals surface area contributed by atoms with Gasteiger partial charge in [-0.3, -0.25) is 14.7 Å². The summed E-state index contributed by atoms with van der Waals surface area (Å²) in [6.07, 6.45) is 0. The van der Waals surface area contributed by atoms with Crippen LogP contribution in [0.5, 0.6) is 0 Å². The SMILES string of the molecule is Cc1ccc(-c2nc(SC(C)C(=O)Nc3ccc(C(N)=O)cc3)n[nH]2)cc1. The van der Waals surface area contributed by atoms with Gasteiger partial charge in [0, 0.05) is 16.8 Å². The minimum atomic E-state index is -0.509. The maximum absolute atomic E-state index is 12.4. The summed E-state index contributed by atoms with van der Waals surface area (Å²) < 4.78 is 0. The van der Waals surface area contributed by atoms with Gasteiger partial charge < -0.3 is 11.1 Å². The van der Waals surface area contributed by atoms with Crippen molar-refractivity contribution in [1.82, 2.24) is 15.2 Å². The molecule has 1 atom stereocenters. The number of carbonyl (C=O) groups is 2. The Morgan fingerprint density at radius 1 is 1.11 bits per heavy atom. The quantitative estimate of drug-likeness (QED) is 0.568. The molecule has 0 saturated heterocycles. The lowest BCUT2D eigenvalue weighted by molar-refractivity contribution is -0.115. The van der Waals surface area contributed by atoms with E-state index < -0.39 is 11.2 Å². The molecule has 138 valence electrons. The molecule has 3 aromatic rings. The van der Waals surface area contributed by atoms with Gasteiger partial charge in [0.1, 0.15) is 0 Å². The maximum Gasteiger partial charge on any atom is 0.248 e. The Bertz CT molecular complexity index is 951. The summed E-state index contributed by atoms with van der Waals surface area (Å²) >= 11 is 1.26. The Kier molecular flexibility index (Phi) is 5.56. The van der Waals surface area contributed by atoms with Crippen molar-refractivity contribution < 1.29 is 9.59 Å². The zero-order valence-corrected chi connectivity index (χ0v) is 15.7. The monoisotopic (exact) mass is 381 g/mol. The van der Waals surface area contributed by atoms with Gasteiger partial charge in [-0.2, -0.15) is 0 Å². The second-order valence-electron chi connectivity index (χ2n) is 6.02. The van der Waals surface area contributed by atoms with Crippen molar-refractivity contribution in [3.05, 3.63) is 59.7 Å². The number of H-pyrrole nitrogens is 1. The van der Waals surface area contributed by atoms with E-state index in [-0.39, 0.29) is 5.91 Å². The molecule has 4 N–H and O–H groups in total. The largest absolute Gasteiger partial charge is 0.366 e. The van der Waals surface area contributed by atoms with Gasteiger partial charge in [-0.1, -0.05) is 41.6 Å². The Labute approximate surface area is 160 Å². The van der Waals surface area contributed by atoms with Crippen molar-refractivity contribution in [1.29, 1.82) is 0 Å². The van der Waals surface area contributed by atoms with E-state index in [1.54, 1.807) is 31.2 Å². The first-order chi connectivity index (χ1) is 12.9. The molecule has 2 aromatic carbocycles. The Morgan fingerprint density at radius 2 is 1.78 bits per heavy atom. The number of hydrogen-bond acceptors (Lipinski definition) is 5. The van der Waals surface area contributed by atoms with Crippen molar-refractivity contribution in [3.8, 4) is 11.4 Å². The third-order valence-electron chi connectivity index (χ3n) is 3.88. The number of carbonyl (C=O) groups excluding carboxylic acids is 2. The molecule has 8 heteroatoms. The van der Waals surface area contributed by atoms with E-state index >= 15 is 0 Å². The van der Waals surface area contributed by atoms with Crippen molar-refractivity contribution in [2.45, 2.75) is 24.3 Å². The Morgan fingerprint density at radius 3 is 2.41 bits per heavy atom. The zero-order chi connectivity index (χ0) is 19.4. The molecule has 1 heterocycles. The fourth-order valence-corrected chi connectivity index (χ4v) is 3.04. The van der Waals surface area contributed by atoms with E-state index in [0.717, 1.165) is 5.56 Å². The molecule has 0 aliphatic heterocycles. The number of hydrogen-bond donors (Lipinski definition) is 3. The molecule has 1 aromatic heterocycles. The van der Waals surface area contributed by atoms with Gasteiger partial charge in [-0.25, -0.2) is 4.98 Å². The van der Waals surface area contributed by atoms with Gasteiger partial charge >= 0.3 is 0 Å². The van der Waals surface area contributed by atoms with Gasteiger partial charge in [0.25, 0.3) is 0 Å². The average molecular weight is 381 g/mol. The zero-order valence-electron chi connectivity index (χ0n) is 14.9. The van der Waals surface area contributed by atoms with Crippen LogP contribution >= 0.6 is 11.8 Å². The summed E-state index contributed by atoms with van der Waals surface area (Å²) in [6, 6.07) is 14.4. The molecule has 1 unspecified atom stereocenters. The third kappa shape index (κ3) is 4.73. The average Bonchev–Trinajstić information content (AvgIpc) is 3.11. The van der Waals surface area contributed by atoms with E-state index in [2.05, 4.69) is 20.5 Å². The summed E-state index contributed by atoms with van der Waals surface area (Å²) in [5, 5.41) is 9.96. The van der Waals surface area contributed by atoms with Crippen LogP contribution in [0, 0.1) is 6.92 Å². The second kappa shape index (κ2) is 8.05. The number of aryl methyl sites for hydroxylation is 1. The first kappa shape index (κ1) is 18.7. The van der Waals surface area contributed by atoms with Crippen molar-refractivity contribution in [2.75, 3.05) is 5.32 Å². The molecule has 0 fully saturated rings. The first-order valence-corrected chi connectivity index (χ1v) is 9.17. The molecule has 7 nitrogen and oxygen atoms in total. The standard InChI is InChI=1S/C19H19N5O2S/c1-11-3-5-14(6-4-11)17-22-19(24-23-17)27-12(2)18(26)21-15-9-7-13(8-10-15)16(20)25/h3-10,12H,1-2H3,(H2,20,25)(H,21,26)(H,22,23,24).